The van der Waals surface area contributed by atoms with Gasteiger partial charge >= 0.3 is 0 Å². The summed E-state index contributed by atoms with van der Waals surface area (Å²) in [5.74, 6) is -0.228. The number of carbonyl (C=O) groups is 1. The van der Waals surface area contributed by atoms with Crippen molar-refractivity contribution in [2.24, 2.45) is 0 Å². The Kier molecular flexibility index (Phi) is 4.34. The van der Waals surface area contributed by atoms with Crippen LogP contribution in [0.2, 0.25) is 5.02 Å². The normalized spacial score (nSPS) is 13.9. The maximum atomic E-state index is 13.6. The SMILES string of the molecule is O=C(Cc1c(F)cccc1Cl)NCc1cc(C2CC2)ncn1. The highest BCUT2D eigenvalue weighted by molar-refractivity contribution is 6.31. The van der Waals surface area contributed by atoms with E-state index in [2.05, 4.69) is 15.3 Å². The predicted molar refractivity (Wildman–Crippen MR) is 81.0 cm³/mol. The zero-order chi connectivity index (χ0) is 15.5. The molecule has 1 saturated carbocycles. The molecule has 1 aliphatic carbocycles. The molecule has 1 aromatic carbocycles. The number of nitrogens with one attached hydrogen (secondary N) is 1. The molecule has 6 heteroatoms. The van der Waals surface area contributed by atoms with E-state index in [1.54, 1.807) is 6.07 Å². The highest BCUT2D eigenvalue weighted by Crippen LogP contribution is 2.38. The molecule has 0 unspecified atom stereocenters. The predicted octanol–water partition coefficient (Wildman–Crippen LogP) is 3.01. The van der Waals surface area contributed by atoms with Crippen molar-refractivity contribution in [2.75, 3.05) is 0 Å². The monoisotopic (exact) mass is 319 g/mol. The molecule has 22 heavy (non-hydrogen) atoms. The first-order valence-electron chi connectivity index (χ1n) is 7.14. The van der Waals surface area contributed by atoms with Gasteiger partial charge in [-0.1, -0.05) is 17.7 Å². The molecule has 0 aliphatic heterocycles. The molecule has 2 aromatic rings. The Hall–Kier alpha value is -2.01. The van der Waals surface area contributed by atoms with E-state index in [4.69, 9.17) is 11.6 Å². The molecule has 1 heterocycles. The number of aromatic nitrogens is 2. The average Bonchev–Trinajstić information content (AvgIpc) is 3.34. The van der Waals surface area contributed by atoms with Crippen molar-refractivity contribution in [2.45, 2.75) is 31.7 Å². The maximum Gasteiger partial charge on any atom is 0.224 e. The lowest BCUT2D eigenvalue weighted by molar-refractivity contribution is -0.120. The molecule has 0 bridgehead atoms. The summed E-state index contributed by atoms with van der Waals surface area (Å²) in [4.78, 5) is 20.3. The van der Waals surface area contributed by atoms with Crippen molar-refractivity contribution in [3.8, 4) is 0 Å². The van der Waals surface area contributed by atoms with Crippen LogP contribution >= 0.6 is 11.6 Å². The van der Waals surface area contributed by atoms with E-state index in [9.17, 15) is 9.18 Å². The van der Waals surface area contributed by atoms with Crippen molar-refractivity contribution in [3.63, 3.8) is 0 Å². The minimum atomic E-state index is -0.472. The van der Waals surface area contributed by atoms with Crippen LogP contribution in [0, 0.1) is 5.82 Å². The second-order valence-electron chi connectivity index (χ2n) is 5.36. The molecular weight excluding hydrogens is 305 g/mol. The number of carbonyl (C=O) groups excluding carboxylic acids is 1. The lowest BCUT2D eigenvalue weighted by Crippen LogP contribution is -2.25. The maximum absolute atomic E-state index is 13.6. The number of nitrogens with zero attached hydrogens (tertiary/aromatic N) is 2. The number of hydrogen-bond acceptors (Lipinski definition) is 3. The van der Waals surface area contributed by atoms with Gasteiger partial charge in [-0.15, -0.1) is 0 Å². The second-order valence-corrected chi connectivity index (χ2v) is 5.77. The molecule has 0 saturated heterocycles. The molecule has 0 radical (unpaired) electrons. The number of rotatable bonds is 5. The molecule has 1 aromatic heterocycles. The molecule has 1 amide bonds. The third kappa shape index (κ3) is 3.60. The van der Waals surface area contributed by atoms with Crippen LogP contribution < -0.4 is 5.32 Å². The van der Waals surface area contributed by atoms with E-state index >= 15 is 0 Å². The fourth-order valence-corrected chi connectivity index (χ4v) is 2.46. The summed E-state index contributed by atoms with van der Waals surface area (Å²) in [6.07, 6.45) is 3.75. The summed E-state index contributed by atoms with van der Waals surface area (Å²) < 4.78 is 13.6. The van der Waals surface area contributed by atoms with Crippen molar-refractivity contribution >= 4 is 17.5 Å². The average molecular weight is 320 g/mol. The largest absolute Gasteiger partial charge is 0.350 e. The quantitative estimate of drug-likeness (QED) is 0.921. The summed E-state index contributed by atoms with van der Waals surface area (Å²) in [5, 5.41) is 2.99. The van der Waals surface area contributed by atoms with Gasteiger partial charge in [-0.05, 0) is 31.0 Å². The first-order valence-corrected chi connectivity index (χ1v) is 7.51. The lowest BCUT2D eigenvalue weighted by atomic mass is 10.1. The van der Waals surface area contributed by atoms with Crippen molar-refractivity contribution < 1.29 is 9.18 Å². The van der Waals surface area contributed by atoms with Gasteiger partial charge in [0.1, 0.15) is 12.1 Å². The fraction of sp³-hybridized carbons (Fsp3) is 0.312. The van der Waals surface area contributed by atoms with Crippen LogP contribution in [0.4, 0.5) is 4.39 Å². The molecule has 1 fully saturated rings. The molecule has 4 nitrogen and oxygen atoms in total. The van der Waals surface area contributed by atoms with Crippen LogP contribution in [-0.4, -0.2) is 15.9 Å². The smallest absolute Gasteiger partial charge is 0.224 e. The zero-order valence-electron chi connectivity index (χ0n) is 11.9. The second kappa shape index (κ2) is 6.40. The third-order valence-corrected chi connectivity index (χ3v) is 3.96. The zero-order valence-corrected chi connectivity index (χ0v) is 12.6. The highest BCUT2D eigenvalue weighted by atomic mass is 35.5. The standard InChI is InChI=1S/C16H15ClFN3O/c17-13-2-1-3-14(18)12(13)7-16(22)19-8-11-6-15(10-4-5-10)21-9-20-11/h1-3,6,9-10H,4-5,7-8H2,(H,19,22). The van der Waals surface area contributed by atoms with Crippen LogP contribution in [0.5, 0.6) is 0 Å². The lowest BCUT2D eigenvalue weighted by Gasteiger charge is -2.08. The van der Waals surface area contributed by atoms with E-state index in [1.165, 1.54) is 18.5 Å². The van der Waals surface area contributed by atoms with Crippen LogP contribution in [0.3, 0.4) is 0 Å². The first-order chi connectivity index (χ1) is 10.6. The Labute approximate surface area is 132 Å². The van der Waals surface area contributed by atoms with Crippen molar-refractivity contribution in [1.82, 2.24) is 15.3 Å². The fourth-order valence-electron chi connectivity index (χ4n) is 2.23. The Bertz CT molecular complexity index is 683. The van der Waals surface area contributed by atoms with E-state index in [1.807, 2.05) is 6.07 Å². The molecule has 1 N–H and O–H groups in total. The van der Waals surface area contributed by atoms with Crippen LogP contribution in [-0.2, 0) is 17.8 Å². The van der Waals surface area contributed by atoms with Gasteiger partial charge in [0.25, 0.3) is 0 Å². The van der Waals surface area contributed by atoms with Gasteiger partial charge in [0, 0.05) is 22.2 Å². The summed E-state index contributed by atoms with van der Waals surface area (Å²) in [6, 6.07) is 6.29. The van der Waals surface area contributed by atoms with Gasteiger partial charge in [0.2, 0.25) is 5.91 Å². The highest BCUT2D eigenvalue weighted by Gasteiger charge is 2.25. The summed E-state index contributed by atoms with van der Waals surface area (Å²) >= 11 is 5.91. The summed E-state index contributed by atoms with van der Waals surface area (Å²) in [5.41, 5.74) is 1.99. The summed E-state index contributed by atoms with van der Waals surface area (Å²) in [6.45, 7) is 0.299. The van der Waals surface area contributed by atoms with Gasteiger partial charge in [-0.3, -0.25) is 4.79 Å². The van der Waals surface area contributed by atoms with Crippen LogP contribution in [0.25, 0.3) is 0 Å². The first kappa shape index (κ1) is 14.9. The number of hydrogen-bond donors (Lipinski definition) is 1. The third-order valence-electron chi connectivity index (χ3n) is 3.61. The topological polar surface area (TPSA) is 54.9 Å². The van der Waals surface area contributed by atoms with Crippen LogP contribution in [0.1, 0.15) is 35.7 Å². The van der Waals surface area contributed by atoms with Crippen molar-refractivity contribution in [1.29, 1.82) is 0 Å². The molecule has 114 valence electrons. The Morgan fingerprint density at radius 3 is 2.91 bits per heavy atom. The van der Waals surface area contributed by atoms with Gasteiger partial charge in [-0.2, -0.15) is 0 Å². The van der Waals surface area contributed by atoms with E-state index in [0.29, 0.717) is 12.5 Å². The Balaban J connectivity index is 1.59. The van der Waals surface area contributed by atoms with E-state index < -0.39 is 5.82 Å². The van der Waals surface area contributed by atoms with E-state index in [-0.39, 0.29) is 22.9 Å². The molecule has 0 spiro atoms. The molecule has 0 atom stereocenters. The molecular formula is C16H15ClFN3O. The molecule has 3 rings (SSSR count). The van der Waals surface area contributed by atoms with Gasteiger partial charge in [0.15, 0.2) is 0 Å². The van der Waals surface area contributed by atoms with Gasteiger partial charge in [0.05, 0.1) is 18.7 Å². The number of benzene rings is 1. The summed E-state index contributed by atoms with van der Waals surface area (Å²) in [7, 11) is 0. The minimum Gasteiger partial charge on any atom is -0.350 e. The van der Waals surface area contributed by atoms with Gasteiger partial charge < -0.3 is 5.32 Å². The van der Waals surface area contributed by atoms with Crippen molar-refractivity contribution in [3.05, 3.63) is 58.4 Å². The Morgan fingerprint density at radius 2 is 2.18 bits per heavy atom. The number of amides is 1. The van der Waals surface area contributed by atoms with Gasteiger partial charge in [-0.25, -0.2) is 14.4 Å². The van der Waals surface area contributed by atoms with E-state index in [0.717, 1.165) is 24.2 Å². The number of halogens is 2. The minimum absolute atomic E-state index is 0.0912. The Morgan fingerprint density at radius 1 is 1.36 bits per heavy atom. The van der Waals surface area contributed by atoms with Crippen LogP contribution in [0.15, 0.2) is 30.6 Å². The molecule has 1 aliphatic rings.